The van der Waals surface area contributed by atoms with Crippen molar-refractivity contribution in [3.8, 4) is 0 Å². The molecule has 1 aliphatic carbocycles. The van der Waals surface area contributed by atoms with Crippen LogP contribution in [0.2, 0.25) is 0 Å². The molecule has 0 radical (unpaired) electrons. The average Bonchev–Trinajstić information content (AvgIpc) is 2.64. The number of amides is 2. The summed E-state index contributed by atoms with van der Waals surface area (Å²) in [5, 5.41) is 21.9. The van der Waals surface area contributed by atoms with E-state index < -0.39 is 12.1 Å². The molecule has 1 heterocycles. The number of aliphatic carboxylic acids is 1. The third-order valence-corrected chi connectivity index (χ3v) is 4.42. The summed E-state index contributed by atoms with van der Waals surface area (Å²) >= 11 is 0. The molecule has 0 aromatic rings. The maximum absolute atomic E-state index is 12.2. The minimum absolute atomic E-state index is 0.165. The molecular weight excluding hydrogens is 260 g/mol. The molecule has 6 nitrogen and oxygen atoms in total. The largest absolute Gasteiger partial charge is 0.481 e. The van der Waals surface area contributed by atoms with Gasteiger partial charge >= 0.3 is 12.0 Å². The zero-order valence-corrected chi connectivity index (χ0v) is 11.8. The number of carboxylic acid groups (broad SMARTS) is 1. The number of nitrogens with zero attached hydrogens (tertiary/aromatic N) is 1. The quantitative estimate of drug-likeness (QED) is 0.664. The fourth-order valence-electron chi connectivity index (χ4n) is 3.04. The molecule has 114 valence electrons. The Morgan fingerprint density at radius 1 is 1.00 bits per heavy atom. The summed E-state index contributed by atoms with van der Waals surface area (Å²) in [6, 6.07) is -0.331. The normalized spacial score (nSPS) is 28.8. The molecule has 20 heavy (non-hydrogen) atoms. The van der Waals surface area contributed by atoms with Crippen molar-refractivity contribution in [2.45, 2.75) is 57.1 Å². The van der Waals surface area contributed by atoms with Crippen LogP contribution in [-0.2, 0) is 4.79 Å². The van der Waals surface area contributed by atoms with E-state index in [0.717, 1.165) is 32.1 Å². The number of carboxylic acids is 1. The zero-order chi connectivity index (χ0) is 14.5. The van der Waals surface area contributed by atoms with E-state index in [4.69, 9.17) is 5.11 Å². The number of carbonyl (C=O) groups is 2. The third kappa shape index (κ3) is 3.85. The molecule has 2 aliphatic rings. The smallest absolute Gasteiger partial charge is 0.317 e. The van der Waals surface area contributed by atoms with E-state index in [-0.39, 0.29) is 18.0 Å². The number of hydrogen-bond acceptors (Lipinski definition) is 3. The van der Waals surface area contributed by atoms with Crippen LogP contribution in [0.5, 0.6) is 0 Å². The molecule has 0 aromatic heterocycles. The lowest BCUT2D eigenvalue weighted by Gasteiger charge is -2.32. The number of piperidine rings is 1. The molecule has 0 spiro atoms. The molecular formula is C14H24N2O4. The molecule has 1 saturated heterocycles. The monoisotopic (exact) mass is 284 g/mol. The summed E-state index contributed by atoms with van der Waals surface area (Å²) in [7, 11) is 0. The molecule has 1 saturated carbocycles. The third-order valence-electron chi connectivity index (χ3n) is 4.42. The Hall–Kier alpha value is -1.30. The van der Waals surface area contributed by atoms with Gasteiger partial charge < -0.3 is 20.4 Å². The number of nitrogens with one attached hydrogen (secondary N) is 1. The number of carbonyl (C=O) groups excluding carboxylic acids is 1. The van der Waals surface area contributed by atoms with Crippen LogP contribution in [0.25, 0.3) is 0 Å². The number of likely N-dealkylation sites (tertiary alicyclic amines) is 1. The molecule has 2 amide bonds. The van der Waals surface area contributed by atoms with Gasteiger partial charge in [0.2, 0.25) is 0 Å². The number of aliphatic hydroxyl groups excluding tert-OH is 1. The van der Waals surface area contributed by atoms with E-state index in [2.05, 4.69) is 5.32 Å². The van der Waals surface area contributed by atoms with E-state index in [1.54, 1.807) is 4.90 Å². The predicted octanol–water partition coefficient (Wildman–Crippen LogP) is 1.19. The standard InChI is InChI=1S/C14H24N2O4/c17-12-5-3-1-2-4-11(12)15-14(20)16-8-6-10(7-9-16)13(18)19/h10-12,17H,1-9H2,(H,15,20)(H,18,19). The van der Waals surface area contributed by atoms with Crippen LogP contribution in [-0.4, -0.2) is 52.3 Å². The molecule has 0 bridgehead atoms. The lowest BCUT2D eigenvalue weighted by molar-refractivity contribution is -0.143. The van der Waals surface area contributed by atoms with Gasteiger partial charge in [-0.3, -0.25) is 4.79 Å². The van der Waals surface area contributed by atoms with Crippen molar-refractivity contribution in [1.82, 2.24) is 10.2 Å². The van der Waals surface area contributed by atoms with Crippen molar-refractivity contribution in [2.75, 3.05) is 13.1 Å². The lowest BCUT2D eigenvalue weighted by Crippen LogP contribution is -2.51. The number of rotatable bonds is 2. The highest BCUT2D eigenvalue weighted by molar-refractivity contribution is 5.75. The fraction of sp³-hybridized carbons (Fsp3) is 0.857. The van der Waals surface area contributed by atoms with Gasteiger partial charge in [0.1, 0.15) is 0 Å². The van der Waals surface area contributed by atoms with E-state index >= 15 is 0 Å². The molecule has 2 rings (SSSR count). The van der Waals surface area contributed by atoms with Gasteiger partial charge in [-0.05, 0) is 25.7 Å². The number of aliphatic hydroxyl groups is 1. The van der Waals surface area contributed by atoms with Crippen molar-refractivity contribution < 1.29 is 19.8 Å². The highest BCUT2D eigenvalue weighted by Gasteiger charge is 2.29. The molecule has 3 N–H and O–H groups in total. The van der Waals surface area contributed by atoms with Crippen LogP contribution in [0.1, 0.15) is 44.9 Å². The van der Waals surface area contributed by atoms with Crippen LogP contribution in [0.4, 0.5) is 4.79 Å². The van der Waals surface area contributed by atoms with Crippen molar-refractivity contribution in [3.05, 3.63) is 0 Å². The Bertz CT molecular complexity index is 353. The van der Waals surface area contributed by atoms with Gasteiger partial charge in [0.25, 0.3) is 0 Å². The minimum Gasteiger partial charge on any atom is -0.481 e. The summed E-state index contributed by atoms with van der Waals surface area (Å²) in [5.74, 6) is -1.10. The Balaban J connectivity index is 1.81. The second kappa shape index (κ2) is 6.92. The Labute approximate surface area is 119 Å². The molecule has 2 atom stereocenters. The summed E-state index contributed by atoms with van der Waals surface area (Å²) in [5.41, 5.74) is 0. The van der Waals surface area contributed by atoms with Gasteiger partial charge in [-0.15, -0.1) is 0 Å². The van der Waals surface area contributed by atoms with Gasteiger partial charge in [0.05, 0.1) is 18.1 Å². The second-order valence-electron chi connectivity index (χ2n) is 5.86. The topological polar surface area (TPSA) is 89.9 Å². The van der Waals surface area contributed by atoms with Gasteiger partial charge in [0, 0.05) is 13.1 Å². The first-order valence-electron chi connectivity index (χ1n) is 7.54. The minimum atomic E-state index is -0.774. The van der Waals surface area contributed by atoms with Crippen molar-refractivity contribution in [3.63, 3.8) is 0 Å². The van der Waals surface area contributed by atoms with Crippen LogP contribution in [0, 0.1) is 5.92 Å². The Kier molecular flexibility index (Phi) is 5.23. The van der Waals surface area contributed by atoms with Crippen LogP contribution in [0.3, 0.4) is 0 Å². The molecule has 2 fully saturated rings. The van der Waals surface area contributed by atoms with E-state index in [1.807, 2.05) is 0 Å². The first kappa shape index (κ1) is 15.1. The second-order valence-corrected chi connectivity index (χ2v) is 5.86. The fourth-order valence-corrected chi connectivity index (χ4v) is 3.04. The molecule has 6 heteroatoms. The summed E-state index contributed by atoms with van der Waals surface area (Å²) in [6.07, 6.45) is 5.27. The van der Waals surface area contributed by atoms with E-state index in [0.29, 0.717) is 25.9 Å². The predicted molar refractivity (Wildman–Crippen MR) is 73.3 cm³/mol. The summed E-state index contributed by atoms with van der Waals surface area (Å²) in [4.78, 5) is 24.7. The SMILES string of the molecule is O=C(O)C1CCN(C(=O)NC2CCCCCC2O)CC1. The maximum Gasteiger partial charge on any atom is 0.317 e. The molecule has 0 aromatic carbocycles. The van der Waals surface area contributed by atoms with E-state index in [1.165, 1.54) is 0 Å². The van der Waals surface area contributed by atoms with Crippen LogP contribution < -0.4 is 5.32 Å². The summed E-state index contributed by atoms with van der Waals surface area (Å²) < 4.78 is 0. The van der Waals surface area contributed by atoms with Gasteiger partial charge in [-0.2, -0.15) is 0 Å². The van der Waals surface area contributed by atoms with Crippen molar-refractivity contribution in [1.29, 1.82) is 0 Å². The Morgan fingerprint density at radius 2 is 1.65 bits per heavy atom. The lowest BCUT2D eigenvalue weighted by atomic mass is 9.97. The van der Waals surface area contributed by atoms with Crippen molar-refractivity contribution >= 4 is 12.0 Å². The summed E-state index contributed by atoms with van der Waals surface area (Å²) in [6.45, 7) is 0.956. The maximum atomic E-state index is 12.2. The van der Waals surface area contributed by atoms with Crippen LogP contribution in [0.15, 0.2) is 0 Å². The number of hydrogen-bond donors (Lipinski definition) is 3. The first-order valence-corrected chi connectivity index (χ1v) is 7.54. The first-order chi connectivity index (χ1) is 9.58. The number of urea groups is 1. The average molecular weight is 284 g/mol. The van der Waals surface area contributed by atoms with Gasteiger partial charge in [-0.1, -0.05) is 19.3 Å². The molecule has 1 aliphatic heterocycles. The molecule has 2 unspecified atom stereocenters. The van der Waals surface area contributed by atoms with Gasteiger partial charge in [-0.25, -0.2) is 4.79 Å². The highest BCUT2D eigenvalue weighted by atomic mass is 16.4. The highest BCUT2D eigenvalue weighted by Crippen LogP contribution is 2.20. The van der Waals surface area contributed by atoms with Crippen LogP contribution >= 0.6 is 0 Å². The zero-order valence-electron chi connectivity index (χ0n) is 11.8. The van der Waals surface area contributed by atoms with Crippen molar-refractivity contribution in [2.24, 2.45) is 5.92 Å². The van der Waals surface area contributed by atoms with Gasteiger partial charge in [0.15, 0.2) is 0 Å². The van der Waals surface area contributed by atoms with E-state index in [9.17, 15) is 14.7 Å². The Morgan fingerprint density at radius 3 is 2.30 bits per heavy atom.